The smallest absolute Gasteiger partial charge is 0.226 e. The van der Waals surface area contributed by atoms with Gasteiger partial charge >= 0.3 is 0 Å². The molecular weight excluding hydrogens is 384 g/mol. The molecule has 2 unspecified atom stereocenters. The fourth-order valence-electron chi connectivity index (χ4n) is 4.36. The molecule has 31 heavy (non-hydrogen) atoms. The van der Waals surface area contributed by atoms with E-state index in [1.54, 1.807) is 6.20 Å². The van der Waals surface area contributed by atoms with Crippen molar-refractivity contribution in [3.05, 3.63) is 78.0 Å². The van der Waals surface area contributed by atoms with Gasteiger partial charge in [-0.2, -0.15) is 0 Å². The highest BCUT2D eigenvalue weighted by Crippen LogP contribution is 2.24. The van der Waals surface area contributed by atoms with Crippen LogP contribution in [0.2, 0.25) is 0 Å². The third-order valence-corrected chi connectivity index (χ3v) is 6.21. The summed E-state index contributed by atoms with van der Waals surface area (Å²) in [6.07, 6.45) is 7.84. The second-order valence-corrected chi connectivity index (χ2v) is 8.52. The zero-order valence-electron chi connectivity index (χ0n) is 18.3. The number of carbonyl (C=O) groups excluding carboxylic acids is 1. The van der Waals surface area contributed by atoms with Gasteiger partial charge in [0, 0.05) is 37.3 Å². The molecule has 5 nitrogen and oxygen atoms in total. The van der Waals surface area contributed by atoms with Gasteiger partial charge in [0.1, 0.15) is 0 Å². The maximum Gasteiger partial charge on any atom is 0.226 e. The highest BCUT2D eigenvalue weighted by molar-refractivity contribution is 5.87. The van der Waals surface area contributed by atoms with Gasteiger partial charge in [0.25, 0.3) is 0 Å². The Hall–Kier alpha value is -2.76. The Morgan fingerprint density at radius 3 is 2.71 bits per heavy atom. The van der Waals surface area contributed by atoms with Gasteiger partial charge in [-0.05, 0) is 36.5 Å². The number of pyridine rings is 1. The number of nitrogens with one attached hydrogen (secondary N) is 2. The van der Waals surface area contributed by atoms with E-state index >= 15 is 0 Å². The fraction of sp³-hybridized carbons (Fsp3) is 0.385. The van der Waals surface area contributed by atoms with E-state index in [0.29, 0.717) is 18.5 Å². The summed E-state index contributed by atoms with van der Waals surface area (Å²) in [5.41, 5.74) is 10.1. The van der Waals surface area contributed by atoms with Crippen molar-refractivity contribution in [1.82, 2.24) is 20.7 Å². The fourth-order valence-corrected chi connectivity index (χ4v) is 4.36. The number of hydrazine groups is 1. The van der Waals surface area contributed by atoms with Crippen LogP contribution in [0, 0.1) is 0 Å². The van der Waals surface area contributed by atoms with E-state index < -0.39 is 0 Å². The zero-order valence-corrected chi connectivity index (χ0v) is 18.3. The van der Waals surface area contributed by atoms with E-state index in [0.717, 1.165) is 48.7 Å². The van der Waals surface area contributed by atoms with E-state index in [4.69, 9.17) is 0 Å². The molecule has 0 spiro atoms. The molecule has 1 fully saturated rings. The summed E-state index contributed by atoms with van der Waals surface area (Å²) in [5.74, 6) is 0.158. The summed E-state index contributed by atoms with van der Waals surface area (Å²) < 4.78 is 0. The zero-order chi connectivity index (χ0) is 21.5. The Balaban J connectivity index is 1.15. The number of hydrogen-bond acceptors (Lipinski definition) is 4. The number of likely N-dealkylation sites (N-methyl/N-ethyl adjacent to an activating group) is 1. The minimum atomic E-state index is 0.158. The van der Waals surface area contributed by atoms with Gasteiger partial charge in [-0.25, -0.2) is 0 Å². The van der Waals surface area contributed by atoms with Crippen LogP contribution in [0.3, 0.4) is 0 Å². The third kappa shape index (κ3) is 5.69. The Labute approximate surface area is 184 Å². The predicted octanol–water partition coefficient (Wildman–Crippen LogP) is 4.40. The Morgan fingerprint density at radius 2 is 1.84 bits per heavy atom. The van der Waals surface area contributed by atoms with Crippen LogP contribution in [0.4, 0.5) is 0 Å². The van der Waals surface area contributed by atoms with Crippen LogP contribution in [0.5, 0.6) is 0 Å². The van der Waals surface area contributed by atoms with Gasteiger partial charge in [0.2, 0.25) is 5.91 Å². The normalized spacial score (nSPS) is 18.4. The largest absolute Gasteiger partial charge is 0.345 e. The molecule has 4 rings (SSSR count). The molecule has 1 aromatic heterocycles. The van der Waals surface area contributed by atoms with Crippen LogP contribution in [-0.2, 0) is 11.2 Å². The van der Waals surface area contributed by atoms with E-state index in [1.807, 2.05) is 42.3 Å². The van der Waals surface area contributed by atoms with Crippen molar-refractivity contribution in [3.8, 4) is 0 Å². The number of hydrogen-bond donors (Lipinski definition) is 2. The number of aromatic nitrogens is 1. The monoisotopic (exact) mass is 416 g/mol. The average molecular weight is 417 g/mol. The van der Waals surface area contributed by atoms with E-state index in [1.165, 1.54) is 12.0 Å². The molecule has 0 saturated carbocycles. The molecule has 1 aliphatic heterocycles. The number of unbranched alkanes of at least 4 members (excludes halogenated alkanes) is 2. The minimum absolute atomic E-state index is 0.158. The molecule has 1 aliphatic rings. The van der Waals surface area contributed by atoms with Crippen LogP contribution in [0.1, 0.15) is 49.3 Å². The van der Waals surface area contributed by atoms with Gasteiger partial charge < -0.3 is 4.90 Å². The molecule has 2 atom stereocenters. The second kappa shape index (κ2) is 10.5. The summed E-state index contributed by atoms with van der Waals surface area (Å²) in [6, 6.07) is 21.6. The lowest BCUT2D eigenvalue weighted by Gasteiger charge is -2.18. The van der Waals surface area contributed by atoms with E-state index in [9.17, 15) is 4.79 Å². The average Bonchev–Trinajstić information content (AvgIpc) is 3.28. The predicted molar refractivity (Wildman–Crippen MR) is 125 cm³/mol. The van der Waals surface area contributed by atoms with Crippen LogP contribution in [0.15, 0.2) is 66.9 Å². The molecule has 1 saturated heterocycles. The minimum Gasteiger partial charge on any atom is -0.345 e. The van der Waals surface area contributed by atoms with Crippen molar-refractivity contribution in [2.75, 3.05) is 13.6 Å². The first-order chi connectivity index (χ1) is 15.2. The lowest BCUT2D eigenvalue weighted by molar-refractivity contribution is -0.129. The summed E-state index contributed by atoms with van der Waals surface area (Å²) in [5, 5.41) is 1.08. The summed E-state index contributed by atoms with van der Waals surface area (Å²) in [7, 11) is 1.91. The van der Waals surface area contributed by atoms with E-state index in [2.05, 4.69) is 46.2 Å². The van der Waals surface area contributed by atoms with Gasteiger partial charge in [-0.1, -0.05) is 67.4 Å². The quantitative estimate of drug-likeness (QED) is 0.508. The van der Waals surface area contributed by atoms with Crippen LogP contribution in [0.25, 0.3) is 10.9 Å². The summed E-state index contributed by atoms with van der Waals surface area (Å²) in [6.45, 7) is 0.806. The lowest BCUT2D eigenvalue weighted by atomic mass is 9.99. The first-order valence-electron chi connectivity index (χ1n) is 11.3. The van der Waals surface area contributed by atoms with Gasteiger partial charge in [-0.3, -0.25) is 20.6 Å². The van der Waals surface area contributed by atoms with Gasteiger partial charge in [0.15, 0.2) is 0 Å². The van der Waals surface area contributed by atoms with Gasteiger partial charge in [-0.15, -0.1) is 0 Å². The number of rotatable bonds is 9. The molecule has 0 radical (unpaired) electrons. The Bertz CT molecular complexity index is 986. The number of amides is 1. The molecular formula is C26H32N4O. The van der Waals surface area contributed by atoms with Crippen LogP contribution in [-0.4, -0.2) is 35.4 Å². The molecule has 3 aromatic rings. The van der Waals surface area contributed by atoms with Crippen LogP contribution >= 0.6 is 0 Å². The van der Waals surface area contributed by atoms with Crippen LogP contribution < -0.4 is 10.9 Å². The number of fused-ring (bicyclic) bond motifs is 1. The third-order valence-electron chi connectivity index (χ3n) is 6.21. The maximum absolute atomic E-state index is 12.7. The molecule has 5 heteroatoms. The standard InChI is InChI=1S/C26H32N4O/c1-30(25(31)18-22-13-8-12-21-14-9-16-27-26(21)22)17-7-3-6-15-23-19-24(29-28-23)20-10-4-2-5-11-20/h2,4-5,8-14,16,23-24,28-29H,3,6-7,15,17-19H2,1H3. The molecule has 1 amide bonds. The SMILES string of the molecule is CN(CCCCCC1CC(c2ccccc2)NN1)C(=O)Cc1cccc2cccnc12. The van der Waals surface area contributed by atoms with Crippen molar-refractivity contribution < 1.29 is 4.79 Å². The number of carbonyl (C=O) groups is 1. The first kappa shape index (κ1) is 21.5. The highest BCUT2D eigenvalue weighted by Gasteiger charge is 2.24. The molecule has 2 heterocycles. The second-order valence-electron chi connectivity index (χ2n) is 8.52. The van der Waals surface area contributed by atoms with Crippen molar-refractivity contribution >= 4 is 16.8 Å². The molecule has 2 N–H and O–H groups in total. The van der Waals surface area contributed by atoms with Crippen molar-refractivity contribution in [1.29, 1.82) is 0 Å². The molecule has 2 aromatic carbocycles. The van der Waals surface area contributed by atoms with Crippen molar-refractivity contribution in [2.45, 2.75) is 50.6 Å². The van der Waals surface area contributed by atoms with Gasteiger partial charge in [0.05, 0.1) is 11.9 Å². The number of benzene rings is 2. The number of nitrogens with zero attached hydrogens (tertiary/aromatic N) is 2. The lowest BCUT2D eigenvalue weighted by Crippen LogP contribution is -2.31. The summed E-state index contributed by atoms with van der Waals surface area (Å²) >= 11 is 0. The first-order valence-corrected chi connectivity index (χ1v) is 11.3. The molecule has 162 valence electrons. The topological polar surface area (TPSA) is 57.3 Å². The van der Waals surface area contributed by atoms with Crippen molar-refractivity contribution in [2.24, 2.45) is 0 Å². The molecule has 0 aliphatic carbocycles. The van der Waals surface area contributed by atoms with E-state index in [-0.39, 0.29) is 5.91 Å². The van der Waals surface area contributed by atoms with Crippen molar-refractivity contribution in [3.63, 3.8) is 0 Å². The summed E-state index contributed by atoms with van der Waals surface area (Å²) in [4.78, 5) is 19.0. The molecule has 0 bridgehead atoms. The Morgan fingerprint density at radius 1 is 1.00 bits per heavy atom. The highest BCUT2D eigenvalue weighted by atomic mass is 16.2. The maximum atomic E-state index is 12.7. The number of para-hydroxylation sites is 1. The Kier molecular flexibility index (Phi) is 7.28.